The molecule has 2 aromatic carbocycles. The Bertz CT molecular complexity index is 1640. The van der Waals surface area contributed by atoms with Crippen molar-refractivity contribution in [1.29, 1.82) is 0 Å². The fourth-order valence-electron chi connectivity index (χ4n) is 7.82. The van der Waals surface area contributed by atoms with E-state index in [0.29, 0.717) is 11.4 Å². The fraction of sp³-hybridized carbons (Fsp3) is 0.438. The molecule has 2 saturated carbocycles. The molecular formula is C32H33N3O5S2. The normalized spacial score (nSPS) is 29.3. The van der Waals surface area contributed by atoms with Gasteiger partial charge in [0.15, 0.2) is 0 Å². The minimum absolute atomic E-state index is 0.0150. The number of aromatic nitrogens is 1. The van der Waals surface area contributed by atoms with E-state index in [1.807, 2.05) is 0 Å². The monoisotopic (exact) mass is 603 g/mol. The van der Waals surface area contributed by atoms with Gasteiger partial charge in [0.25, 0.3) is 0 Å². The predicted octanol–water partition coefficient (Wildman–Crippen LogP) is 4.85. The Morgan fingerprint density at radius 2 is 1.67 bits per heavy atom. The molecule has 3 heterocycles. The van der Waals surface area contributed by atoms with Crippen molar-refractivity contribution in [2.75, 3.05) is 19.0 Å². The van der Waals surface area contributed by atoms with E-state index < -0.39 is 17.7 Å². The lowest BCUT2D eigenvalue weighted by Crippen LogP contribution is -2.42. The molecule has 1 aromatic heterocycles. The van der Waals surface area contributed by atoms with Crippen molar-refractivity contribution in [3.8, 4) is 5.75 Å². The van der Waals surface area contributed by atoms with Gasteiger partial charge in [-0.1, -0.05) is 56.4 Å². The molecule has 2 N–H and O–H groups in total. The molecule has 3 aromatic rings. The first-order valence-electron chi connectivity index (χ1n) is 14.3. The predicted molar refractivity (Wildman–Crippen MR) is 162 cm³/mol. The van der Waals surface area contributed by atoms with Crippen LogP contribution in [-0.2, 0) is 19.8 Å². The molecule has 8 nitrogen and oxygen atoms in total. The smallest absolute Gasteiger partial charge is 0.305 e. The van der Waals surface area contributed by atoms with Gasteiger partial charge in [0.1, 0.15) is 12.3 Å². The Labute approximate surface area is 252 Å². The maximum atomic E-state index is 13.8. The summed E-state index contributed by atoms with van der Waals surface area (Å²) in [5, 5.41) is 3.81. The molecule has 7 atom stereocenters. The first kappa shape index (κ1) is 27.5. The molecule has 10 heteroatoms. The summed E-state index contributed by atoms with van der Waals surface area (Å²) >= 11 is 2.94. The van der Waals surface area contributed by atoms with Gasteiger partial charge in [-0.2, -0.15) is 0 Å². The number of nitrogens with zero attached hydrogens (tertiary/aromatic N) is 1. The molecule has 0 spiro atoms. The molecule has 7 rings (SSSR count). The van der Waals surface area contributed by atoms with Crippen molar-refractivity contribution in [3.05, 3.63) is 74.2 Å². The molecule has 0 radical (unpaired) electrons. The average molecular weight is 604 g/mol. The van der Waals surface area contributed by atoms with Crippen LogP contribution < -0.4 is 14.9 Å². The minimum atomic E-state index is -0.424. The van der Waals surface area contributed by atoms with Crippen LogP contribution in [0.2, 0.25) is 0 Å². The maximum Gasteiger partial charge on any atom is 0.305 e. The fourth-order valence-corrected chi connectivity index (χ4v) is 10.7. The Morgan fingerprint density at radius 3 is 2.31 bits per heavy atom. The van der Waals surface area contributed by atoms with Crippen molar-refractivity contribution in [3.63, 3.8) is 0 Å². The van der Waals surface area contributed by atoms with Crippen LogP contribution in [0.3, 0.4) is 0 Å². The number of nitrogens with one attached hydrogen (secondary N) is 2. The number of ether oxygens (including phenoxy) is 1. The number of H-pyrrole nitrogens is 1. The van der Waals surface area contributed by atoms with Gasteiger partial charge in [0.05, 0.1) is 24.0 Å². The van der Waals surface area contributed by atoms with Crippen LogP contribution in [-0.4, -0.2) is 46.5 Å². The second-order valence-electron chi connectivity index (χ2n) is 12.9. The zero-order valence-electron chi connectivity index (χ0n) is 23.9. The number of amides is 3. The number of fused-ring (bicyclic) bond motifs is 9. The number of carbonyl (C=O) groups is 3. The number of anilines is 1. The molecule has 42 heavy (non-hydrogen) atoms. The van der Waals surface area contributed by atoms with Crippen LogP contribution >= 0.6 is 23.1 Å². The summed E-state index contributed by atoms with van der Waals surface area (Å²) in [5.74, 6) is -0.901. The molecule has 218 valence electrons. The number of thioether (sulfide) groups is 1. The van der Waals surface area contributed by atoms with Gasteiger partial charge in [-0.25, -0.2) is 0 Å². The SMILES string of the molecule is COc1ccc(NC(=O)CN2C(=O)C3C4CC(C3C2=O)C2C(c3ccc(C(C)(C)C)cc3)c3sc(=O)[nH]c3SC42)cc1. The van der Waals surface area contributed by atoms with Crippen molar-refractivity contribution in [1.82, 2.24) is 9.88 Å². The van der Waals surface area contributed by atoms with Gasteiger partial charge >= 0.3 is 4.87 Å². The molecule has 3 amide bonds. The Morgan fingerprint density at radius 1 is 1.00 bits per heavy atom. The van der Waals surface area contributed by atoms with Crippen LogP contribution in [0.15, 0.2) is 58.4 Å². The Balaban J connectivity index is 1.17. The molecule has 7 unspecified atom stereocenters. The Kier molecular flexibility index (Phi) is 6.43. The third kappa shape index (κ3) is 4.25. The zero-order chi connectivity index (χ0) is 29.5. The molecule has 2 aliphatic carbocycles. The highest BCUT2D eigenvalue weighted by Crippen LogP contribution is 2.68. The van der Waals surface area contributed by atoms with E-state index in [0.717, 1.165) is 21.9 Å². The van der Waals surface area contributed by atoms with E-state index in [9.17, 15) is 19.2 Å². The van der Waals surface area contributed by atoms with Gasteiger partial charge < -0.3 is 15.0 Å². The summed E-state index contributed by atoms with van der Waals surface area (Å²) in [6.45, 7) is 6.27. The summed E-state index contributed by atoms with van der Waals surface area (Å²) in [6.07, 6.45) is 0.816. The second kappa shape index (κ2) is 9.84. The highest BCUT2D eigenvalue weighted by Gasteiger charge is 2.69. The summed E-state index contributed by atoms with van der Waals surface area (Å²) in [6, 6.07) is 15.6. The molecule has 3 fully saturated rings. The van der Waals surface area contributed by atoms with Crippen molar-refractivity contribution in [2.45, 2.75) is 48.8 Å². The van der Waals surface area contributed by atoms with Crippen molar-refractivity contribution in [2.24, 2.45) is 29.6 Å². The topological polar surface area (TPSA) is 109 Å². The van der Waals surface area contributed by atoms with Gasteiger partial charge in [-0.15, -0.1) is 11.8 Å². The van der Waals surface area contributed by atoms with E-state index in [1.165, 1.54) is 21.8 Å². The highest BCUT2D eigenvalue weighted by atomic mass is 32.2. The molecule has 1 saturated heterocycles. The maximum absolute atomic E-state index is 13.8. The summed E-state index contributed by atoms with van der Waals surface area (Å²) < 4.78 is 5.17. The van der Waals surface area contributed by atoms with E-state index in [2.05, 4.69) is 55.3 Å². The highest BCUT2D eigenvalue weighted by molar-refractivity contribution is 8.00. The summed E-state index contributed by atoms with van der Waals surface area (Å²) in [4.78, 5) is 58.2. The van der Waals surface area contributed by atoms with Crippen LogP contribution in [0.5, 0.6) is 5.75 Å². The van der Waals surface area contributed by atoms with Crippen molar-refractivity contribution >= 4 is 46.5 Å². The number of thiazole rings is 1. The average Bonchev–Trinajstić information content (AvgIpc) is 3.69. The summed E-state index contributed by atoms with van der Waals surface area (Å²) in [7, 11) is 1.57. The Hall–Kier alpha value is -3.37. The standard InChI is InChI=1S/C32H33N3O5S2/c1-32(2,3)16-7-5-15(6-8-16)22-23-19-13-20(26(23)41-28-27(22)42-31(39)34-28)25-24(19)29(37)35(30(25)38)14-21(36)33-17-9-11-18(40-4)12-10-17/h5-12,19-20,22-26H,13-14H2,1-4H3,(H,33,36)(H,34,39). The van der Waals surface area contributed by atoms with E-state index in [1.54, 1.807) is 43.1 Å². The number of carbonyl (C=O) groups excluding carboxylic acids is 3. The van der Waals surface area contributed by atoms with Gasteiger partial charge in [0.2, 0.25) is 17.7 Å². The van der Waals surface area contributed by atoms with Crippen LogP contribution in [0.25, 0.3) is 0 Å². The van der Waals surface area contributed by atoms with E-state index in [-0.39, 0.29) is 57.6 Å². The first-order chi connectivity index (χ1) is 20.0. The van der Waals surface area contributed by atoms with Gasteiger partial charge in [0, 0.05) is 21.7 Å². The third-order valence-electron chi connectivity index (χ3n) is 9.63. The number of benzene rings is 2. The van der Waals surface area contributed by atoms with Gasteiger partial charge in [-0.3, -0.25) is 24.1 Å². The molecule has 2 aliphatic heterocycles. The van der Waals surface area contributed by atoms with Crippen LogP contribution in [0, 0.1) is 29.6 Å². The summed E-state index contributed by atoms with van der Waals surface area (Å²) in [5.41, 5.74) is 2.98. The van der Waals surface area contributed by atoms with E-state index >= 15 is 0 Å². The molecule has 2 bridgehead atoms. The lowest BCUT2D eigenvalue weighted by atomic mass is 9.68. The largest absolute Gasteiger partial charge is 0.497 e. The van der Waals surface area contributed by atoms with Crippen LogP contribution in [0.4, 0.5) is 5.69 Å². The number of rotatable bonds is 5. The number of likely N-dealkylation sites (tertiary alicyclic amines) is 1. The molecular weight excluding hydrogens is 571 g/mol. The van der Waals surface area contributed by atoms with Crippen LogP contribution in [0.1, 0.15) is 49.1 Å². The number of imide groups is 1. The number of methoxy groups -OCH3 is 1. The first-order valence-corrected chi connectivity index (χ1v) is 16.0. The zero-order valence-corrected chi connectivity index (χ0v) is 25.5. The number of hydrogen-bond donors (Lipinski definition) is 2. The molecule has 4 aliphatic rings. The van der Waals surface area contributed by atoms with E-state index in [4.69, 9.17) is 4.74 Å². The minimum Gasteiger partial charge on any atom is -0.497 e. The number of hydrogen-bond acceptors (Lipinski definition) is 7. The third-order valence-corrected chi connectivity index (χ3v) is 12.2. The quantitative estimate of drug-likeness (QED) is 0.404. The lowest BCUT2D eigenvalue weighted by molar-refractivity contribution is -0.143. The van der Waals surface area contributed by atoms with Crippen molar-refractivity contribution < 1.29 is 19.1 Å². The second-order valence-corrected chi connectivity index (χ2v) is 15.1. The number of aromatic amines is 1. The van der Waals surface area contributed by atoms with Gasteiger partial charge in [-0.05, 0) is 65.0 Å². The lowest BCUT2D eigenvalue weighted by Gasteiger charge is -2.43.